The average molecular weight is 458 g/mol. The molecule has 0 spiro atoms. The molecule has 0 bridgehead atoms. The first-order chi connectivity index (χ1) is 15.9. The molecule has 2 aromatic carbocycles. The molecule has 2 N–H and O–H groups in total. The molecule has 7 nitrogen and oxygen atoms in total. The minimum atomic E-state index is -0.524. The van der Waals surface area contributed by atoms with Gasteiger partial charge in [0.05, 0.1) is 16.8 Å². The molecule has 1 amide bonds. The Morgan fingerprint density at radius 3 is 2.67 bits per heavy atom. The zero-order valence-corrected chi connectivity index (χ0v) is 18.7. The van der Waals surface area contributed by atoms with Crippen molar-refractivity contribution in [3.8, 4) is 11.8 Å². The van der Waals surface area contributed by atoms with Crippen molar-refractivity contribution in [1.29, 1.82) is 5.26 Å². The van der Waals surface area contributed by atoms with Gasteiger partial charge in [-0.05, 0) is 49.7 Å². The van der Waals surface area contributed by atoms with E-state index in [0.717, 1.165) is 0 Å². The summed E-state index contributed by atoms with van der Waals surface area (Å²) in [6.07, 6.45) is 0. The highest BCUT2D eigenvalue weighted by Gasteiger charge is 2.17. The number of benzene rings is 2. The number of aromatic hydroxyl groups is 1. The van der Waals surface area contributed by atoms with Crippen LogP contribution in [0.4, 0.5) is 5.69 Å². The van der Waals surface area contributed by atoms with Crippen LogP contribution in [0.25, 0.3) is 11.0 Å². The summed E-state index contributed by atoms with van der Waals surface area (Å²) >= 11 is 1.29. The molecule has 0 aliphatic heterocycles. The number of carbonyl (C=O) groups excluding carboxylic acids is 1. The van der Waals surface area contributed by atoms with Crippen molar-refractivity contribution in [2.45, 2.75) is 24.6 Å². The number of phenols is 1. The highest BCUT2D eigenvalue weighted by Crippen LogP contribution is 2.32. The van der Waals surface area contributed by atoms with E-state index >= 15 is 0 Å². The topological polar surface area (TPSA) is 116 Å². The Morgan fingerprint density at radius 2 is 1.94 bits per heavy atom. The summed E-state index contributed by atoms with van der Waals surface area (Å²) in [4.78, 5) is 29.3. The van der Waals surface area contributed by atoms with E-state index in [0.29, 0.717) is 49.8 Å². The number of hydrogen-bond donors (Lipinski definition) is 2. The van der Waals surface area contributed by atoms with Gasteiger partial charge in [0.15, 0.2) is 0 Å². The minimum absolute atomic E-state index is 0.0453. The second-order valence-corrected chi connectivity index (χ2v) is 8.34. The molecule has 164 valence electrons. The van der Waals surface area contributed by atoms with E-state index in [1.807, 2.05) is 18.2 Å². The Bertz CT molecular complexity index is 1470. The molecule has 2 aromatic heterocycles. The molecule has 0 saturated heterocycles. The Kier molecular flexibility index (Phi) is 6.16. The third kappa shape index (κ3) is 4.59. The third-order valence-corrected chi connectivity index (χ3v) is 6.20. The van der Waals surface area contributed by atoms with Gasteiger partial charge in [-0.3, -0.25) is 4.79 Å². The molecule has 0 unspecified atom stereocenters. The molecule has 33 heavy (non-hydrogen) atoms. The standard InChI is InChI=1S/C25H19N3O4S/c1-14-21(29)9-8-19-17(11-22(30)32-23(14)19)13-33-25-16(12-26)10-20(15(2)27-25)24(31)28-18-6-4-3-5-7-18/h3-11,29H,13H2,1-2H3,(H,28,31). The second kappa shape index (κ2) is 9.18. The molecule has 2 heterocycles. The number of aromatic nitrogens is 1. The van der Waals surface area contributed by atoms with Gasteiger partial charge in [-0.15, -0.1) is 11.8 Å². The summed E-state index contributed by atoms with van der Waals surface area (Å²) < 4.78 is 5.28. The molecule has 0 radical (unpaired) electrons. The van der Waals surface area contributed by atoms with E-state index in [9.17, 15) is 20.0 Å². The molecule has 0 atom stereocenters. The summed E-state index contributed by atoms with van der Waals surface area (Å²) in [6, 6.07) is 17.3. The van der Waals surface area contributed by atoms with Crippen molar-refractivity contribution in [3.63, 3.8) is 0 Å². The monoisotopic (exact) mass is 457 g/mol. The molecule has 4 rings (SSSR count). The van der Waals surface area contributed by atoms with Gasteiger partial charge in [0.25, 0.3) is 5.91 Å². The minimum Gasteiger partial charge on any atom is -0.508 e. The van der Waals surface area contributed by atoms with Gasteiger partial charge in [-0.25, -0.2) is 9.78 Å². The van der Waals surface area contributed by atoms with Crippen LogP contribution >= 0.6 is 11.8 Å². The smallest absolute Gasteiger partial charge is 0.336 e. The summed E-state index contributed by atoms with van der Waals surface area (Å²) in [7, 11) is 0. The van der Waals surface area contributed by atoms with Crippen LogP contribution < -0.4 is 10.9 Å². The van der Waals surface area contributed by atoms with Gasteiger partial charge in [-0.1, -0.05) is 18.2 Å². The van der Waals surface area contributed by atoms with Gasteiger partial charge in [0.2, 0.25) is 0 Å². The van der Waals surface area contributed by atoms with E-state index in [1.54, 1.807) is 38.1 Å². The first-order valence-electron chi connectivity index (χ1n) is 10.0. The number of fused-ring (bicyclic) bond motifs is 1. The highest BCUT2D eigenvalue weighted by molar-refractivity contribution is 7.98. The number of carbonyl (C=O) groups is 1. The molecule has 0 aliphatic carbocycles. The Balaban J connectivity index is 1.63. The van der Waals surface area contributed by atoms with E-state index in [4.69, 9.17) is 4.42 Å². The molecule has 0 saturated carbocycles. The number of para-hydroxylation sites is 1. The summed E-state index contributed by atoms with van der Waals surface area (Å²) in [5.74, 6) is 0.0493. The second-order valence-electron chi connectivity index (χ2n) is 7.37. The van der Waals surface area contributed by atoms with Crippen molar-refractivity contribution in [2.24, 2.45) is 0 Å². The fourth-order valence-corrected chi connectivity index (χ4v) is 4.40. The van der Waals surface area contributed by atoms with Crippen LogP contribution in [0, 0.1) is 25.2 Å². The molecular formula is C25H19N3O4S. The van der Waals surface area contributed by atoms with Crippen LogP contribution in [-0.4, -0.2) is 16.0 Å². The van der Waals surface area contributed by atoms with Crippen molar-refractivity contribution < 1.29 is 14.3 Å². The number of nitriles is 1. The first kappa shape index (κ1) is 22.1. The fourth-order valence-electron chi connectivity index (χ4n) is 3.40. The van der Waals surface area contributed by atoms with Crippen LogP contribution in [0.15, 0.2) is 68.8 Å². The predicted octanol–water partition coefficient (Wildman–Crippen LogP) is 4.93. The van der Waals surface area contributed by atoms with Crippen molar-refractivity contribution in [3.05, 3.63) is 93.0 Å². The maximum absolute atomic E-state index is 12.7. The number of anilines is 1. The van der Waals surface area contributed by atoms with E-state index in [1.165, 1.54) is 23.9 Å². The van der Waals surface area contributed by atoms with Crippen LogP contribution in [0.5, 0.6) is 5.75 Å². The summed E-state index contributed by atoms with van der Waals surface area (Å²) in [5.41, 5.74) is 2.71. The lowest BCUT2D eigenvalue weighted by Crippen LogP contribution is -2.15. The van der Waals surface area contributed by atoms with Gasteiger partial charge in [-0.2, -0.15) is 5.26 Å². The molecule has 0 aliphatic rings. The van der Waals surface area contributed by atoms with Crippen LogP contribution in [0.1, 0.15) is 32.7 Å². The number of nitrogens with zero attached hydrogens (tertiary/aromatic N) is 2. The van der Waals surface area contributed by atoms with Crippen LogP contribution in [-0.2, 0) is 5.75 Å². The number of nitrogens with one attached hydrogen (secondary N) is 1. The average Bonchev–Trinajstić information content (AvgIpc) is 2.80. The van der Waals surface area contributed by atoms with E-state index < -0.39 is 5.63 Å². The maximum atomic E-state index is 12.7. The Hall–Kier alpha value is -4.09. The number of hydrogen-bond acceptors (Lipinski definition) is 7. The summed E-state index contributed by atoms with van der Waals surface area (Å²) in [5, 5.41) is 23.5. The zero-order valence-electron chi connectivity index (χ0n) is 17.9. The number of rotatable bonds is 5. The molecule has 4 aromatic rings. The lowest BCUT2D eigenvalue weighted by atomic mass is 10.1. The van der Waals surface area contributed by atoms with Crippen molar-refractivity contribution >= 4 is 34.3 Å². The number of aryl methyl sites for hydroxylation is 2. The van der Waals surface area contributed by atoms with Gasteiger partial charge < -0.3 is 14.8 Å². The molecule has 8 heteroatoms. The van der Waals surface area contributed by atoms with Gasteiger partial charge in [0, 0.05) is 28.5 Å². The fraction of sp³-hybridized carbons (Fsp3) is 0.120. The van der Waals surface area contributed by atoms with Crippen LogP contribution in [0.2, 0.25) is 0 Å². The SMILES string of the molecule is Cc1nc(SCc2cc(=O)oc3c(C)c(O)ccc23)c(C#N)cc1C(=O)Nc1ccccc1. The third-order valence-electron chi connectivity index (χ3n) is 5.16. The predicted molar refractivity (Wildman–Crippen MR) is 127 cm³/mol. The number of phenolic OH excluding ortho intramolecular Hbond substituents is 1. The largest absolute Gasteiger partial charge is 0.508 e. The lowest BCUT2D eigenvalue weighted by Gasteiger charge is -2.11. The van der Waals surface area contributed by atoms with E-state index in [-0.39, 0.29) is 17.2 Å². The molecular weight excluding hydrogens is 438 g/mol. The number of pyridine rings is 1. The Morgan fingerprint density at radius 1 is 1.18 bits per heavy atom. The highest BCUT2D eigenvalue weighted by atomic mass is 32.2. The summed E-state index contributed by atoms with van der Waals surface area (Å²) in [6.45, 7) is 3.39. The zero-order chi connectivity index (χ0) is 23.5. The van der Waals surface area contributed by atoms with Crippen molar-refractivity contribution in [1.82, 2.24) is 4.98 Å². The normalized spacial score (nSPS) is 10.7. The van der Waals surface area contributed by atoms with Gasteiger partial charge in [0.1, 0.15) is 22.4 Å². The van der Waals surface area contributed by atoms with E-state index in [2.05, 4.69) is 16.4 Å². The maximum Gasteiger partial charge on any atom is 0.336 e. The number of thioether (sulfide) groups is 1. The quantitative estimate of drug-likeness (QED) is 0.322. The Labute approximate surface area is 193 Å². The first-order valence-corrected chi connectivity index (χ1v) is 11.0. The molecule has 0 fully saturated rings. The van der Waals surface area contributed by atoms with Gasteiger partial charge >= 0.3 is 5.63 Å². The number of amides is 1. The van der Waals surface area contributed by atoms with Crippen molar-refractivity contribution in [2.75, 3.05) is 5.32 Å². The van der Waals surface area contributed by atoms with Crippen LogP contribution in [0.3, 0.4) is 0 Å². The lowest BCUT2D eigenvalue weighted by molar-refractivity contribution is 0.102.